The van der Waals surface area contributed by atoms with Gasteiger partial charge < -0.3 is 9.47 Å². The fourth-order valence-electron chi connectivity index (χ4n) is 1.94. The minimum Gasteiger partial charge on any atom is -0.490 e. The molecule has 0 saturated carbocycles. The predicted octanol–water partition coefficient (Wildman–Crippen LogP) is 4.53. The summed E-state index contributed by atoms with van der Waals surface area (Å²) in [6, 6.07) is 9.89. The van der Waals surface area contributed by atoms with Gasteiger partial charge in [0.2, 0.25) is 0 Å². The maximum atomic E-state index is 13.6. The normalized spacial score (nSPS) is 10.3. The second-order valence-electron chi connectivity index (χ2n) is 4.64. The largest absolute Gasteiger partial charge is 0.490 e. The van der Waals surface area contributed by atoms with Crippen LogP contribution in [0.4, 0.5) is 4.39 Å². The predicted molar refractivity (Wildman–Crippen MR) is 78.8 cm³/mol. The lowest BCUT2D eigenvalue weighted by Crippen LogP contribution is -2.01. The summed E-state index contributed by atoms with van der Waals surface area (Å²) >= 11 is 0. The third kappa shape index (κ3) is 3.40. The summed E-state index contributed by atoms with van der Waals surface area (Å²) in [4.78, 5) is 11.7. The Morgan fingerprint density at radius 3 is 2.43 bits per heavy atom. The van der Waals surface area contributed by atoms with Crippen molar-refractivity contribution in [2.75, 3.05) is 6.61 Å². The summed E-state index contributed by atoms with van der Waals surface area (Å²) in [6.45, 7) is 5.38. The number of halogens is 1. The molecule has 0 spiro atoms. The molecule has 0 aliphatic heterocycles. The number of benzene rings is 2. The van der Waals surface area contributed by atoms with Crippen LogP contribution in [0.15, 0.2) is 36.4 Å². The molecule has 2 aromatic rings. The molecular formula is C17H17FO3. The molecule has 0 heterocycles. The third-order valence-corrected chi connectivity index (χ3v) is 3.01. The lowest BCUT2D eigenvalue weighted by Gasteiger charge is -2.14. The van der Waals surface area contributed by atoms with Gasteiger partial charge in [0.15, 0.2) is 17.3 Å². The fraction of sp³-hybridized carbons (Fsp3) is 0.235. The molecule has 21 heavy (non-hydrogen) atoms. The Balaban J connectivity index is 2.44. The number of hydrogen-bond donors (Lipinski definition) is 0. The number of para-hydroxylation sites is 2. The summed E-state index contributed by atoms with van der Waals surface area (Å²) < 4.78 is 24.9. The van der Waals surface area contributed by atoms with Crippen LogP contribution < -0.4 is 9.47 Å². The maximum absolute atomic E-state index is 13.6. The van der Waals surface area contributed by atoms with Crippen LogP contribution >= 0.6 is 0 Å². The van der Waals surface area contributed by atoms with Gasteiger partial charge in [0.05, 0.1) is 12.2 Å². The Labute approximate surface area is 123 Å². The van der Waals surface area contributed by atoms with E-state index in [1.165, 1.54) is 19.1 Å². The first kappa shape index (κ1) is 15.0. The Hall–Kier alpha value is -2.36. The number of ether oxygens (including phenoxy) is 2. The number of carbonyl (C=O) groups is 1. The zero-order chi connectivity index (χ0) is 15.4. The van der Waals surface area contributed by atoms with Gasteiger partial charge in [-0.3, -0.25) is 4.79 Å². The molecule has 2 rings (SSSR count). The van der Waals surface area contributed by atoms with Crippen LogP contribution in [-0.2, 0) is 0 Å². The highest BCUT2D eigenvalue weighted by Gasteiger charge is 2.15. The molecule has 0 aliphatic rings. The quantitative estimate of drug-likeness (QED) is 0.758. The molecule has 2 aromatic carbocycles. The first-order chi connectivity index (χ1) is 10.0. The zero-order valence-electron chi connectivity index (χ0n) is 12.3. The van der Waals surface area contributed by atoms with E-state index in [-0.39, 0.29) is 11.3 Å². The molecule has 0 N–H and O–H groups in total. The van der Waals surface area contributed by atoms with Crippen molar-refractivity contribution in [3.05, 3.63) is 53.3 Å². The highest BCUT2D eigenvalue weighted by atomic mass is 19.1. The van der Waals surface area contributed by atoms with Crippen molar-refractivity contribution in [1.82, 2.24) is 0 Å². The van der Waals surface area contributed by atoms with Crippen molar-refractivity contribution in [2.45, 2.75) is 20.8 Å². The number of carbonyl (C=O) groups excluding carboxylic acids is 1. The van der Waals surface area contributed by atoms with Crippen LogP contribution in [0, 0.1) is 12.7 Å². The number of Topliss-reactive ketones (excluding diaryl/α,β-unsaturated/α-hetero) is 1. The van der Waals surface area contributed by atoms with E-state index in [2.05, 4.69) is 0 Å². The highest BCUT2D eigenvalue weighted by Crippen LogP contribution is 2.34. The molecule has 0 radical (unpaired) electrons. The molecule has 0 aliphatic carbocycles. The van der Waals surface area contributed by atoms with Crippen molar-refractivity contribution in [3.8, 4) is 17.2 Å². The van der Waals surface area contributed by atoms with Crippen LogP contribution in [0.1, 0.15) is 29.8 Å². The molecule has 0 aromatic heterocycles. The molecular weight excluding hydrogens is 271 g/mol. The Morgan fingerprint density at radius 2 is 1.81 bits per heavy atom. The van der Waals surface area contributed by atoms with Crippen LogP contribution in [0.3, 0.4) is 0 Å². The summed E-state index contributed by atoms with van der Waals surface area (Å²) in [5.41, 5.74) is 0.633. The van der Waals surface area contributed by atoms with Gasteiger partial charge >= 0.3 is 0 Å². The molecule has 0 saturated heterocycles. The first-order valence-corrected chi connectivity index (χ1v) is 6.73. The molecule has 0 unspecified atom stereocenters. The summed E-state index contributed by atoms with van der Waals surface area (Å²) in [7, 11) is 0. The van der Waals surface area contributed by atoms with Crippen molar-refractivity contribution < 1.29 is 18.7 Å². The maximum Gasteiger partial charge on any atom is 0.169 e. The highest BCUT2D eigenvalue weighted by molar-refractivity contribution is 5.97. The minimum atomic E-state index is -0.425. The van der Waals surface area contributed by atoms with E-state index in [0.717, 1.165) is 0 Å². The molecule has 4 heteroatoms. The standard InChI is InChI=1S/C17H17FO3/c1-4-20-15-7-5-6-8-16(15)21-17-9-11(2)14(18)10-13(17)12(3)19/h5-10H,4H2,1-3H3. The molecule has 0 bridgehead atoms. The van der Waals surface area contributed by atoms with Crippen molar-refractivity contribution in [1.29, 1.82) is 0 Å². The number of ketones is 1. The summed E-state index contributed by atoms with van der Waals surface area (Å²) in [5, 5.41) is 0. The van der Waals surface area contributed by atoms with E-state index in [1.54, 1.807) is 19.1 Å². The summed E-state index contributed by atoms with van der Waals surface area (Å²) in [6.07, 6.45) is 0. The van der Waals surface area contributed by atoms with Gasteiger partial charge in [-0.05, 0) is 50.6 Å². The monoisotopic (exact) mass is 288 g/mol. The van der Waals surface area contributed by atoms with Gasteiger partial charge in [-0.25, -0.2) is 4.39 Å². The van der Waals surface area contributed by atoms with Gasteiger partial charge in [0, 0.05) is 0 Å². The van der Waals surface area contributed by atoms with E-state index >= 15 is 0 Å². The smallest absolute Gasteiger partial charge is 0.169 e. The Bertz CT molecular complexity index is 665. The number of hydrogen-bond acceptors (Lipinski definition) is 3. The Morgan fingerprint density at radius 1 is 1.14 bits per heavy atom. The van der Waals surface area contributed by atoms with Crippen LogP contribution in [-0.4, -0.2) is 12.4 Å². The second-order valence-corrected chi connectivity index (χ2v) is 4.64. The molecule has 110 valence electrons. The Kier molecular flexibility index (Phi) is 4.58. The van der Waals surface area contributed by atoms with E-state index < -0.39 is 5.82 Å². The minimum absolute atomic E-state index is 0.212. The van der Waals surface area contributed by atoms with E-state index in [4.69, 9.17) is 9.47 Å². The van der Waals surface area contributed by atoms with Gasteiger partial charge in [0.25, 0.3) is 0 Å². The zero-order valence-corrected chi connectivity index (χ0v) is 12.3. The van der Waals surface area contributed by atoms with Crippen molar-refractivity contribution >= 4 is 5.78 Å². The van der Waals surface area contributed by atoms with E-state index in [0.29, 0.717) is 29.4 Å². The van der Waals surface area contributed by atoms with E-state index in [9.17, 15) is 9.18 Å². The number of aryl methyl sites for hydroxylation is 1. The average Bonchev–Trinajstić information content (AvgIpc) is 2.44. The average molecular weight is 288 g/mol. The molecule has 0 fully saturated rings. The first-order valence-electron chi connectivity index (χ1n) is 6.73. The van der Waals surface area contributed by atoms with Gasteiger partial charge in [0.1, 0.15) is 11.6 Å². The van der Waals surface area contributed by atoms with Crippen LogP contribution in [0.25, 0.3) is 0 Å². The topological polar surface area (TPSA) is 35.5 Å². The fourth-order valence-corrected chi connectivity index (χ4v) is 1.94. The second kappa shape index (κ2) is 6.39. The lowest BCUT2D eigenvalue weighted by atomic mass is 10.1. The SMILES string of the molecule is CCOc1ccccc1Oc1cc(C)c(F)cc1C(C)=O. The number of rotatable bonds is 5. The van der Waals surface area contributed by atoms with Gasteiger partial charge in [-0.2, -0.15) is 0 Å². The van der Waals surface area contributed by atoms with Crippen LogP contribution in [0.2, 0.25) is 0 Å². The van der Waals surface area contributed by atoms with Crippen molar-refractivity contribution in [2.24, 2.45) is 0 Å². The molecule has 0 amide bonds. The van der Waals surface area contributed by atoms with Gasteiger partial charge in [-0.1, -0.05) is 12.1 Å². The third-order valence-electron chi connectivity index (χ3n) is 3.01. The van der Waals surface area contributed by atoms with Crippen molar-refractivity contribution in [3.63, 3.8) is 0 Å². The van der Waals surface area contributed by atoms with Gasteiger partial charge in [-0.15, -0.1) is 0 Å². The van der Waals surface area contributed by atoms with E-state index in [1.807, 2.05) is 19.1 Å². The lowest BCUT2D eigenvalue weighted by molar-refractivity contribution is 0.101. The van der Waals surface area contributed by atoms with Crippen LogP contribution in [0.5, 0.6) is 17.2 Å². The molecule has 0 atom stereocenters. The molecule has 3 nitrogen and oxygen atoms in total. The summed E-state index contributed by atoms with van der Waals surface area (Å²) in [5.74, 6) is 0.723.